The fourth-order valence-corrected chi connectivity index (χ4v) is 3.47. The molecular weight excluding hydrogens is 342 g/mol. The van der Waals surface area contributed by atoms with Crippen LogP contribution in [0.1, 0.15) is 39.0 Å². The molecule has 0 aliphatic rings. The summed E-state index contributed by atoms with van der Waals surface area (Å²) in [7, 11) is 0. The van der Waals surface area contributed by atoms with Crippen molar-refractivity contribution in [3.8, 4) is 0 Å². The van der Waals surface area contributed by atoms with Gasteiger partial charge in [-0.15, -0.1) is 0 Å². The van der Waals surface area contributed by atoms with Crippen LogP contribution in [0.5, 0.6) is 0 Å². The number of rotatable bonds is 8. The van der Waals surface area contributed by atoms with Gasteiger partial charge < -0.3 is 0 Å². The molecule has 0 aliphatic carbocycles. The summed E-state index contributed by atoms with van der Waals surface area (Å²) in [6, 6.07) is 0. The van der Waals surface area contributed by atoms with Gasteiger partial charge in [-0.2, -0.15) is 0 Å². The summed E-state index contributed by atoms with van der Waals surface area (Å²) in [4.78, 5) is 2.20. The first-order valence-corrected chi connectivity index (χ1v) is 8.16. The third kappa shape index (κ3) is 10.9. The van der Waals surface area contributed by atoms with E-state index >= 15 is 0 Å². The summed E-state index contributed by atoms with van der Waals surface area (Å²) in [5.41, 5.74) is 0. The molecule has 0 unspecified atom stereocenters. The van der Waals surface area contributed by atoms with Gasteiger partial charge in [0.2, 0.25) is 0 Å². The molecule has 0 bridgehead atoms. The van der Waals surface area contributed by atoms with Gasteiger partial charge in [0.1, 0.15) is 0 Å². The first-order valence-electron chi connectivity index (χ1n) is 4.88. The van der Waals surface area contributed by atoms with Gasteiger partial charge in [-0.25, -0.2) is 0 Å². The van der Waals surface area contributed by atoms with Crippen LogP contribution in [0.2, 0.25) is 5.32 Å². The average molecular weight is 361 g/mol. The Kier molecular flexibility index (Phi) is 11.8. The Bertz CT molecular complexity index is 137. The summed E-state index contributed by atoms with van der Waals surface area (Å²) < 4.78 is 1.10. The molecule has 0 heterocycles. The van der Waals surface area contributed by atoms with Crippen molar-refractivity contribution in [1.82, 2.24) is 0 Å². The molecule has 0 rings (SSSR count). The second-order valence-corrected chi connectivity index (χ2v) is 6.44. The maximum absolute atomic E-state index is 8.74. The van der Waals surface area contributed by atoms with Crippen molar-refractivity contribution in [3.05, 3.63) is 8.55 Å². The second-order valence-electron chi connectivity index (χ2n) is 3.01. The Morgan fingerprint density at radius 1 is 1.31 bits per heavy atom. The summed E-state index contributed by atoms with van der Waals surface area (Å²) in [6.07, 6.45) is 6.86. The van der Waals surface area contributed by atoms with Crippen LogP contribution in [0.25, 0.3) is 0 Å². The topological polar surface area (TPSA) is 20.2 Å². The Morgan fingerprint density at radius 2 is 2.00 bits per heavy atom. The molecule has 0 fully saturated rings. The summed E-state index contributed by atoms with van der Waals surface area (Å²) in [6.45, 7) is 2.47. The molecule has 0 spiro atoms. The first kappa shape index (κ1) is 13.9. The average Bonchev–Trinajstić information content (AvgIpc) is 2.16. The van der Waals surface area contributed by atoms with Crippen LogP contribution in [-0.4, -0.2) is 26.7 Å². The molecule has 78 valence electrons. The van der Waals surface area contributed by atoms with Crippen molar-refractivity contribution in [2.24, 2.45) is 0 Å². The molecule has 0 saturated carbocycles. The number of unbranched alkanes of at least 4 members (excludes halogenated alkanes) is 4. The van der Waals surface area contributed by atoms with Gasteiger partial charge in [-0.3, -0.25) is 0 Å². The molecule has 0 aromatic carbocycles. The van der Waals surface area contributed by atoms with Crippen molar-refractivity contribution in [3.63, 3.8) is 0 Å². The van der Waals surface area contributed by atoms with Crippen LogP contribution < -0.4 is 0 Å². The van der Waals surface area contributed by atoms with Gasteiger partial charge >= 0.3 is 102 Å². The Hall–Kier alpha value is 0.949. The van der Waals surface area contributed by atoms with Gasteiger partial charge in [-0.05, 0) is 0 Å². The Morgan fingerprint density at radius 3 is 2.62 bits per heavy atom. The third-order valence-electron chi connectivity index (χ3n) is 1.73. The predicted octanol–water partition coefficient (Wildman–Crippen LogP) is 3.35. The van der Waals surface area contributed by atoms with Crippen molar-refractivity contribution >= 4 is 37.5 Å². The minimum atomic E-state index is 0.220. The van der Waals surface area contributed by atoms with E-state index in [-0.39, 0.29) is 6.61 Å². The van der Waals surface area contributed by atoms with E-state index in [0.29, 0.717) is 15.0 Å². The van der Waals surface area contributed by atoms with Gasteiger partial charge in [0, 0.05) is 0 Å². The molecule has 0 atom stereocenters. The van der Waals surface area contributed by atoms with Gasteiger partial charge in [0.15, 0.2) is 0 Å². The van der Waals surface area contributed by atoms with Crippen LogP contribution >= 0.6 is 22.6 Å². The Labute approximate surface area is 102 Å². The quantitative estimate of drug-likeness (QED) is 0.400. The van der Waals surface area contributed by atoms with Gasteiger partial charge in [0.05, 0.1) is 0 Å². The van der Waals surface area contributed by atoms with E-state index < -0.39 is 0 Å². The van der Waals surface area contributed by atoms with E-state index in [4.69, 9.17) is 5.11 Å². The van der Waals surface area contributed by atoms with E-state index in [2.05, 4.69) is 34.5 Å². The molecule has 0 aliphatic heterocycles. The van der Waals surface area contributed by atoms with E-state index in [0.717, 1.165) is 3.58 Å². The standard InChI is InChI=1S/C10H19IOSe/c1-2-3-4-5-6-7-13-9-10(11)8-12/h9,12H,2-8H2,1H3/b10-9-. The van der Waals surface area contributed by atoms with Crippen LogP contribution in [0, 0.1) is 0 Å². The number of hydrogen-bond acceptors (Lipinski definition) is 1. The second kappa shape index (κ2) is 11.0. The van der Waals surface area contributed by atoms with E-state index in [1.54, 1.807) is 0 Å². The minimum absolute atomic E-state index is 0.220. The van der Waals surface area contributed by atoms with Crippen LogP contribution in [-0.2, 0) is 0 Å². The Balaban J connectivity index is 3.08. The van der Waals surface area contributed by atoms with E-state index in [1.165, 1.54) is 37.4 Å². The summed E-state index contributed by atoms with van der Waals surface area (Å²) in [5, 5.41) is 10.1. The molecule has 0 aromatic rings. The molecular formula is C10H19IOSe. The van der Waals surface area contributed by atoms with Gasteiger partial charge in [-0.1, -0.05) is 0 Å². The van der Waals surface area contributed by atoms with Crippen molar-refractivity contribution in [2.45, 2.75) is 44.3 Å². The summed E-state index contributed by atoms with van der Waals surface area (Å²) in [5.74, 6) is 0. The van der Waals surface area contributed by atoms with E-state index in [9.17, 15) is 0 Å². The fraction of sp³-hybridized carbons (Fsp3) is 0.800. The molecule has 3 heteroatoms. The zero-order valence-corrected chi connectivity index (χ0v) is 12.1. The van der Waals surface area contributed by atoms with Gasteiger partial charge in [0.25, 0.3) is 0 Å². The zero-order valence-electron chi connectivity index (χ0n) is 8.26. The molecule has 1 nitrogen and oxygen atoms in total. The monoisotopic (exact) mass is 362 g/mol. The number of aliphatic hydroxyl groups is 1. The molecule has 0 radical (unpaired) electrons. The van der Waals surface area contributed by atoms with Crippen molar-refractivity contribution < 1.29 is 5.11 Å². The number of aliphatic hydroxyl groups excluding tert-OH is 1. The number of halogens is 1. The van der Waals surface area contributed by atoms with Crippen molar-refractivity contribution in [1.29, 1.82) is 0 Å². The normalized spacial score (nSPS) is 12.1. The summed E-state index contributed by atoms with van der Waals surface area (Å²) >= 11 is 2.82. The number of hydrogen-bond donors (Lipinski definition) is 1. The fourth-order valence-electron chi connectivity index (χ4n) is 0.976. The molecule has 0 aromatic heterocycles. The third-order valence-corrected chi connectivity index (χ3v) is 5.38. The SMILES string of the molecule is CCCCCCC[Se]/C=C(\I)CO. The molecule has 13 heavy (non-hydrogen) atoms. The van der Waals surface area contributed by atoms with Crippen molar-refractivity contribution in [2.75, 3.05) is 6.61 Å². The predicted molar refractivity (Wildman–Crippen MR) is 68.5 cm³/mol. The zero-order chi connectivity index (χ0) is 9.94. The molecule has 0 saturated heterocycles. The van der Waals surface area contributed by atoms with Crippen LogP contribution in [0.4, 0.5) is 0 Å². The van der Waals surface area contributed by atoms with E-state index in [1.807, 2.05) is 0 Å². The van der Waals surface area contributed by atoms with Crippen LogP contribution in [0.3, 0.4) is 0 Å². The first-order chi connectivity index (χ1) is 6.31. The maximum atomic E-state index is 8.74. The molecule has 1 N–H and O–H groups in total. The van der Waals surface area contributed by atoms with Crippen LogP contribution in [0.15, 0.2) is 8.55 Å². The molecule has 0 amide bonds.